The first kappa shape index (κ1) is 23.9. The molecule has 0 aromatic carbocycles. The van der Waals surface area contributed by atoms with Crippen LogP contribution < -0.4 is 0 Å². The molecule has 0 radical (unpaired) electrons. The fraction of sp³-hybridized carbons (Fsp3) is 0.897. The summed E-state index contributed by atoms with van der Waals surface area (Å²) in [6.07, 6.45) is 14.7. The molecular formula is C29H47NO3. The van der Waals surface area contributed by atoms with Crippen molar-refractivity contribution in [2.75, 3.05) is 19.7 Å². The SMILES string of the molecule is CC(CCC(=O)N1CC[C@@H](CO)C1)[C@H]1CC[C@H]2[C@@H]3CC=C4C[C@@H](O)CC[C@]4(C)[C@H]3CC[C@]12C. The lowest BCUT2D eigenvalue weighted by molar-refractivity contribution is -0.130. The predicted octanol–water partition coefficient (Wildman–Crippen LogP) is 5.18. The molecule has 5 aliphatic rings. The molecule has 4 nitrogen and oxygen atoms in total. The third kappa shape index (κ3) is 4.01. The molecule has 1 amide bonds. The molecule has 0 aromatic rings. The predicted molar refractivity (Wildman–Crippen MR) is 131 cm³/mol. The fourth-order valence-electron chi connectivity index (χ4n) is 9.54. The third-order valence-corrected chi connectivity index (χ3v) is 11.5. The van der Waals surface area contributed by atoms with E-state index in [1.807, 2.05) is 4.90 Å². The molecule has 33 heavy (non-hydrogen) atoms. The highest BCUT2D eigenvalue weighted by molar-refractivity contribution is 5.76. The number of rotatable bonds is 5. The number of aliphatic hydroxyl groups is 2. The van der Waals surface area contributed by atoms with Crippen LogP contribution in [0, 0.1) is 46.3 Å². The van der Waals surface area contributed by atoms with E-state index in [2.05, 4.69) is 26.8 Å². The summed E-state index contributed by atoms with van der Waals surface area (Å²) in [6, 6.07) is 0. The molecule has 5 rings (SSSR count). The minimum atomic E-state index is -0.121. The number of hydrogen-bond acceptors (Lipinski definition) is 3. The highest BCUT2D eigenvalue weighted by Gasteiger charge is 2.59. The largest absolute Gasteiger partial charge is 0.396 e. The molecule has 4 aliphatic carbocycles. The first-order valence-corrected chi connectivity index (χ1v) is 14.0. The van der Waals surface area contributed by atoms with Gasteiger partial charge in [0, 0.05) is 32.0 Å². The molecule has 3 saturated carbocycles. The Labute approximate surface area is 201 Å². The molecule has 1 heterocycles. The van der Waals surface area contributed by atoms with Gasteiger partial charge in [0.25, 0.3) is 0 Å². The van der Waals surface area contributed by atoms with Crippen LogP contribution >= 0.6 is 0 Å². The second-order valence-electron chi connectivity index (χ2n) is 13.1. The quantitative estimate of drug-likeness (QED) is 0.559. The van der Waals surface area contributed by atoms with Crippen LogP contribution in [-0.2, 0) is 4.79 Å². The maximum Gasteiger partial charge on any atom is 0.222 e. The molecule has 186 valence electrons. The van der Waals surface area contributed by atoms with Crippen molar-refractivity contribution in [2.24, 2.45) is 46.3 Å². The average Bonchev–Trinajstić information content (AvgIpc) is 3.42. The first-order valence-electron chi connectivity index (χ1n) is 14.0. The average molecular weight is 458 g/mol. The van der Waals surface area contributed by atoms with Gasteiger partial charge in [-0.05, 0) is 105 Å². The van der Waals surface area contributed by atoms with Crippen LogP contribution in [0.1, 0.15) is 91.4 Å². The summed E-state index contributed by atoms with van der Waals surface area (Å²) >= 11 is 0. The number of nitrogens with zero attached hydrogens (tertiary/aromatic N) is 1. The van der Waals surface area contributed by atoms with E-state index < -0.39 is 0 Å². The van der Waals surface area contributed by atoms with Crippen LogP contribution in [0.15, 0.2) is 11.6 Å². The summed E-state index contributed by atoms with van der Waals surface area (Å²) in [6.45, 7) is 9.33. The normalized spacial score (nSPS) is 45.7. The lowest BCUT2D eigenvalue weighted by Crippen LogP contribution is -2.50. The first-order chi connectivity index (χ1) is 15.8. The van der Waals surface area contributed by atoms with Crippen molar-refractivity contribution in [2.45, 2.75) is 97.5 Å². The standard InChI is InChI=1S/C29H47NO3/c1-19(4-9-27(33)30-15-12-20(17-30)18-31)24-7-8-25-23-6-5-21-16-22(32)10-13-28(21,2)26(23)11-14-29(24,25)3/h5,19-20,22-26,31-32H,4,6-18H2,1-3H3/t19?,20-,22+,23+,24-,25+,26+,28+,29-/m1/s1. The van der Waals surface area contributed by atoms with Gasteiger partial charge >= 0.3 is 0 Å². The van der Waals surface area contributed by atoms with E-state index in [1.54, 1.807) is 5.57 Å². The molecule has 4 heteroatoms. The van der Waals surface area contributed by atoms with Crippen molar-refractivity contribution in [3.63, 3.8) is 0 Å². The van der Waals surface area contributed by atoms with Gasteiger partial charge in [-0.2, -0.15) is 0 Å². The van der Waals surface area contributed by atoms with Crippen LogP contribution in [0.5, 0.6) is 0 Å². The van der Waals surface area contributed by atoms with Crippen LogP contribution in [0.4, 0.5) is 0 Å². The second kappa shape index (κ2) is 8.97. The van der Waals surface area contributed by atoms with Gasteiger partial charge in [-0.25, -0.2) is 0 Å². The van der Waals surface area contributed by atoms with Crippen molar-refractivity contribution in [1.29, 1.82) is 0 Å². The Morgan fingerprint density at radius 2 is 1.97 bits per heavy atom. The summed E-state index contributed by atoms with van der Waals surface area (Å²) in [5.41, 5.74) is 2.31. The summed E-state index contributed by atoms with van der Waals surface area (Å²) < 4.78 is 0. The summed E-state index contributed by atoms with van der Waals surface area (Å²) in [5.74, 6) is 4.37. The minimum Gasteiger partial charge on any atom is -0.396 e. The summed E-state index contributed by atoms with van der Waals surface area (Å²) in [4.78, 5) is 14.8. The van der Waals surface area contributed by atoms with Gasteiger partial charge in [0.05, 0.1) is 6.10 Å². The molecule has 4 fully saturated rings. The topological polar surface area (TPSA) is 60.8 Å². The molecule has 0 bridgehead atoms. The Bertz CT molecular complexity index is 779. The molecule has 2 N–H and O–H groups in total. The number of hydrogen-bond donors (Lipinski definition) is 2. The van der Waals surface area contributed by atoms with E-state index in [-0.39, 0.29) is 18.6 Å². The minimum absolute atomic E-state index is 0.121. The summed E-state index contributed by atoms with van der Waals surface area (Å²) in [5, 5.41) is 19.6. The molecule has 9 atom stereocenters. The number of aliphatic hydroxyl groups excluding tert-OH is 2. The lowest BCUT2D eigenvalue weighted by atomic mass is 9.47. The number of likely N-dealkylation sites (tertiary alicyclic amines) is 1. The van der Waals surface area contributed by atoms with Crippen LogP contribution in [0.2, 0.25) is 0 Å². The molecule has 0 aromatic heterocycles. The van der Waals surface area contributed by atoms with Gasteiger partial charge in [0.1, 0.15) is 0 Å². The third-order valence-electron chi connectivity index (χ3n) is 11.5. The molecule has 1 aliphatic heterocycles. The van der Waals surface area contributed by atoms with Gasteiger partial charge in [-0.3, -0.25) is 4.79 Å². The Kier molecular flexibility index (Phi) is 6.48. The monoisotopic (exact) mass is 457 g/mol. The Hall–Kier alpha value is -0.870. The number of amides is 1. The number of allylic oxidation sites excluding steroid dienone is 1. The van der Waals surface area contributed by atoms with Crippen molar-refractivity contribution < 1.29 is 15.0 Å². The Morgan fingerprint density at radius 1 is 1.15 bits per heavy atom. The van der Waals surface area contributed by atoms with Crippen molar-refractivity contribution in [3.8, 4) is 0 Å². The molecular weight excluding hydrogens is 410 g/mol. The fourth-order valence-corrected chi connectivity index (χ4v) is 9.54. The van der Waals surface area contributed by atoms with Crippen molar-refractivity contribution in [1.82, 2.24) is 4.90 Å². The molecule has 0 spiro atoms. The maximum atomic E-state index is 12.8. The number of carbonyl (C=O) groups excluding carboxylic acids is 1. The van der Waals surface area contributed by atoms with E-state index in [1.165, 1.54) is 38.5 Å². The number of fused-ring (bicyclic) bond motifs is 5. The van der Waals surface area contributed by atoms with Gasteiger partial charge in [0.15, 0.2) is 0 Å². The highest BCUT2D eigenvalue weighted by Crippen LogP contribution is 2.67. The van der Waals surface area contributed by atoms with Crippen molar-refractivity contribution in [3.05, 3.63) is 11.6 Å². The van der Waals surface area contributed by atoms with Crippen LogP contribution in [0.25, 0.3) is 0 Å². The van der Waals surface area contributed by atoms with E-state index in [4.69, 9.17) is 0 Å². The van der Waals surface area contributed by atoms with Gasteiger partial charge in [-0.15, -0.1) is 0 Å². The lowest BCUT2D eigenvalue weighted by Gasteiger charge is -2.58. The zero-order valence-electron chi connectivity index (χ0n) is 21.3. The van der Waals surface area contributed by atoms with Crippen molar-refractivity contribution >= 4 is 5.91 Å². The highest BCUT2D eigenvalue weighted by atomic mass is 16.3. The van der Waals surface area contributed by atoms with Gasteiger partial charge in [-0.1, -0.05) is 32.4 Å². The van der Waals surface area contributed by atoms with E-state index in [0.717, 1.165) is 62.4 Å². The Balaban J connectivity index is 1.23. The Morgan fingerprint density at radius 3 is 2.73 bits per heavy atom. The maximum absolute atomic E-state index is 12.8. The van der Waals surface area contributed by atoms with E-state index in [9.17, 15) is 15.0 Å². The van der Waals surface area contributed by atoms with Crippen LogP contribution in [0.3, 0.4) is 0 Å². The van der Waals surface area contributed by atoms with Crippen LogP contribution in [-0.4, -0.2) is 46.8 Å². The molecule has 1 unspecified atom stereocenters. The molecule has 1 saturated heterocycles. The zero-order chi connectivity index (χ0) is 23.4. The van der Waals surface area contributed by atoms with E-state index in [0.29, 0.717) is 29.1 Å². The smallest absolute Gasteiger partial charge is 0.222 e. The van der Waals surface area contributed by atoms with E-state index >= 15 is 0 Å². The van der Waals surface area contributed by atoms with Gasteiger partial charge < -0.3 is 15.1 Å². The number of carbonyl (C=O) groups is 1. The second-order valence-corrected chi connectivity index (χ2v) is 13.1. The van der Waals surface area contributed by atoms with Gasteiger partial charge in [0.2, 0.25) is 5.91 Å². The summed E-state index contributed by atoms with van der Waals surface area (Å²) in [7, 11) is 0. The zero-order valence-corrected chi connectivity index (χ0v) is 21.3.